The number of aliphatic hydroxyl groups is 1. The minimum atomic E-state index is -0.789. The van der Waals surface area contributed by atoms with Gasteiger partial charge in [0, 0.05) is 23.7 Å². The highest BCUT2D eigenvalue weighted by atomic mass is 16.5. The van der Waals surface area contributed by atoms with Crippen LogP contribution in [0.2, 0.25) is 0 Å². The molecule has 5 heteroatoms. The van der Waals surface area contributed by atoms with Crippen molar-refractivity contribution in [3.63, 3.8) is 0 Å². The quantitative estimate of drug-likeness (QED) is 0.258. The van der Waals surface area contributed by atoms with Gasteiger partial charge in [-0.15, -0.1) is 0 Å². The van der Waals surface area contributed by atoms with Crippen LogP contribution in [0.3, 0.4) is 0 Å². The third-order valence-electron chi connectivity index (χ3n) is 7.88. The summed E-state index contributed by atoms with van der Waals surface area (Å²) in [6.45, 7) is 0.373. The molecule has 0 saturated heterocycles. The molecule has 1 heterocycles. The van der Waals surface area contributed by atoms with Crippen molar-refractivity contribution in [2.75, 3.05) is 6.54 Å². The standard InChI is InChI=1S/C35H34N2O3/c38-32(23-36-30-18-10-15-25-13-4-6-16-27(25)30)31(21-24-11-2-1-3-12-24)37-35(39)29-22-26-14-5-8-19-33(26)40-34-20-9-7-17-28(29)34/h1-9,11-14,16-17,19-20,22,30-32,36,38H,10,15,18,21,23H2,(H,37,39)/t30-,31-,32+/m0/s1. The first-order chi connectivity index (χ1) is 19.7. The number of amides is 1. The van der Waals surface area contributed by atoms with E-state index in [0.29, 0.717) is 30.0 Å². The van der Waals surface area contributed by atoms with Gasteiger partial charge in [0.1, 0.15) is 11.5 Å². The Morgan fingerprint density at radius 1 is 0.875 bits per heavy atom. The molecule has 0 spiro atoms. The minimum Gasteiger partial charge on any atom is -0.456 e. The van der Waals surface area contributed by atoms with Crippen molar-refractivity contribution in [1.29, 1.82) is 0 Å². The zero-order valence-electron chi connectivity index (χ0n) is 22.4. The van der Waals surface area contributed by atoms with E-state index < -0.39 is 12.1 Å². The Kier molecular flexibility index (Phi) is 7.76. The van der Waals surface area contributed by atoms with Crippen LogP contribution in [0.15, 0.2) is 103 Å². The van der Waals surface area contributed by atoms with E-state index in [2.05, 4.69) is 34.9 Å². The van der Waals surface area contributed by atoms with Crippen molar-refractivity contribution in [3.05, 3.63) is 131 Å². The Bertz CT molecular complexity index is 1510. The molecule has 2 aliphatic rings. The Labute approximate surface area is 235 Å². The second kappa shape index (κ2) is 11.9. The second-order valence-electron chi connectivity index (χ2n) is 10.6. The minimum absolute atomic E-state index is 0.192. The number of hydrogen-bond donors (Lipinski definition) is 3. The highest BCUT2D eigenvalue weighted by Gasteiger charge is 2.28. The van der Waals surface area contributed by atoms with E-state index in [4.69, 9.17) is 4.74 Å². The third-order valence-corrected chi connectivity index (χ3v) is 7.88. The highest BCUT2D eigenvalue weighted by Crippen LogP contribution is 2.38. The monoisotopic (exact) mass is 530 g/mol. The summed E-state index contributed by atoms with van der Waals surface area (Å²) in [5.41, 5.74) is 5.81. The van der Waals surface area contributed by atoms with Crippen LogP contribution in [0, 0.1) is 0 Å². The van der Waals surface area contributed by atoms with E-state index in [1.54, 1.807) is 0 Å². The van der Waals surface area contributed by atoms with Crippen LogP contribution in [-0.4, -0.2) is 29.7 Å². The maximum atomic E-state index is 13.9. The average molecular weight is 531 g/mol. The maximum Gasteiger partial charge on any atom is 0.252 e. The summed E-state index contributed by atoms with van der Waals surface area (Å²) < 4.78 is 6.17. The van der Waals surface area contributed by atoms with Crippen LogP contribution >= 0.6 is 0 Å². The van der Waals surface area contributed by atoms with Gasteiger partial charge in [-0.3, -0.25) is 4.79 Å². The number of ether oxygens (including phenoxy) is 1. The molecule has 202 valence electrons. The Morgan fingerprint density at radius 3 is 2.48 bits per heavy atom. The van der Waals surface area contributed by atoms with Crippen molar-refractivity contribution in [2.24, 2.45) is 0 Å². The van der Waals surface area contributed by atoms with Gasteiger partial charge in [-0.05, 0) is 60.6 Å². The lowest BCUT2D eigenvalue weighted by atomic mass is 9.87. The van der Waals surface area contributed by atoms with Gasteiger partial charge >= 0.3 is 0 Å². The summed E-state index contributed by atoms with van der Waals surface area (Å²) >= 11 is 0. The van der Waals surface area contributed by atoms with Crippen molar-refractivity contribution >= 4 is 17.6 Å². The van der Waals surface area contributed by atoms with Gasteiger partial charge in [0.2, 0.25) is 0 Å². The number of carbonyl (C=O) groups excluding carboxylic acids is 1. The molecule has 6 rings (SSSR count). The number of rotatable bonds is 8. The summed E-state index contributed by atoms with van der Waals surface area (Å²) in [4.78, 5) is 13.9. The van der Waals surface area contributed by atoms with Gasteiger partial charge in [0.05, 0.1) is 17.7 Å². The van der Waals surface area contributed by atoms with Crippen LogP contribution < -0.4 is 15.4 Å². The van der Waals surface area contributed by atoms with Gasteiger partial charge in [-0.25, -0.2) is 0 Å². The summed E-state index contributed by atoms with van der Waals surface area (Å²) in [5.74, 6) is 1.10. The number of aliphatic hydroxyl groups excluding tert-OH is 1. The number of aryl methyl sites for hydroxylation is 1. The summed E-state index contributed by atoms with van der Waals surface area (Å²) in [6, 6.07) is 33.5. The molecule has 4 aromatic rings. The van der Waals surface area contributed by atoms with E-state index in [1.165, 1.54) is 11.1 Å². The van der Waals surface area contributed by atoms with Crippen LogP contribution in [-0.2, 0) is 17.6 Å². The van der Waals surface area contributed by atoms with Gasteiger partial charge in [0.25, 0.3) is 5.91 Å². The van der Waals surface area contributed by atoms with Gasteiger partial charge < -0.3 is 20.5 Å². The average Bonchev–Trinajstić information content (AvgIpc) is 3.17. The van der Waals surface area contributed by atoms with Gasteiger partial charge in [-0.1, -0.05) is 91.0 Å². The van der Waals surface area contributed by atoms with Crippen molar-refractivity contribution in [2.45, 2.75) is 43.9 Å². The first-order valence-electron chi connectivity index (χ1n) is 14.1. The topological polar surface area (TPSA) is 70.6 Å². The highest BCUT2D eigenvalue weighted by molar-refractivity contribution is 6.25. The first-order valence-corrected chi connectivity index (χ1v) is 14.1. The normalized spacial score (nSPS) is 17.1. The molecule has 1 aliphatic heterocycles. The van der Waals surface area contributed by atoms with E-state index in [0.717, 1.165) is 36.0 Å². The second-order valence-corrected chi connectivity index (χ2v) is 10.6. The van der Waals surface area contributed by atoms with E-state index in [1.807, 2.05) is 84.9 Å². The number of para-hydroxylation sites is 2. The Balaban J connectivity index is 1.25. The Morgan fingerprint density at radius 2 is 1.60 bits per heavy atom. The Hall–Kier alpha value is -4.19. The lowest BCUT2D eigenvalue weighted by Crippen LogP contribution is -2.49. The largest absolute Gasteiger partial charge is 0.456 e. The fraction of sp³-hybridized carbons (Fsp3) is 0.229. The first kappa shape index (κ1) is 26.1. The molecule has 4 aromatic carbocycles. The predicted molar refractivity (Wildman–Crippen MR) is 159 cm³/mol. The zero-order chi connectivity index (χ0) is 27.3. The van der Waals surface area contributed by atoms with Gasteiger partial charge in [-0.2, -0.15) is 0 Å². The lowest BCUT2D eigenvalue weighted by Gasteiger charge is -2.30. The number of benzene rings is 4. The number of hydrogen-bond acceptors (Lipinski definition) is 4. The number of nitrogens with one attached hydrogen (secondary N) is 2. The molecule has 1 amide bonds. The summed E-state index contributed by atoms with van der Waals surface area (Å²) in [6.07, 6.45) is 4.84. The molecule has 5 nitrogen and oxygen atoms in total. The molecule has 0 bridgehead atoms. The molecule has 0 aromatic heterocycles. The van der Waals surface area contributed by atoms with Crippen molar-refractivity contribution in [1.82, 2.24) is 10.6 Å². The van der Waals surface area contributed by atoms with Crippen LogP contribution in [0.4, 0.5) is 0 Å². The molecule has 0 radical (unpaired) electrons. The SMILES string of the molecule is O=C(N[C@@H](Cc1ccccc1)[C@H](O)CN[C@H]1CCCc2ccccc21)C1=Cc2ccccc2Oc2ccccc21. The van der Waals surface area contributed by atoms with E-state index >= 15 is 0 Å². The van der Waals surface area contributed by atoms with Gasteiger partial charge in [0.15, 0.2) is 0 Å². The predicted octanol–water partition coefficient (Wildman–Crippen LogP) is 6.09. The molecular weight excluding hydrogens is 496 g/mol. The molecule has 3 atom stereocenters. The van der Waals surface area contributed by atoms with Crippen LogP contribution in [0.25, 0.3) is 11.6 Å². The lowest BCUT2D eigenvalue weighted by molar-refractivity contribution is -0.117. The summed E-state index contributed by atoms with van der Waals surface area (Å²) in [5, 5.41) is 18.3. The molecule has 40 heavy (non-hydrogen) atoms. The van der Waals surface area contributed by atoms with E-state index in [-0.39, 0.29) is 11.9 Å². The number of fused-ring (bicyclic) bond motifs is 3. The summed E-state index contributed by atoms with van der Waals surface area (Å²) in [7, 11) is 0. The molecule has 0 fully saturated rings. The molecular formula is C35H34N2O3. The molecule has 1 aliphatic carbocycles. The molecule has 3 N–H and O–H groups in total. The van der Waals surface area contributed by atoms with Crippen LogP contribution in [0.5, 0.6) is 11.5 Å². The molecule has 0 saturated carbocycles. The van der Waals surface area contributed by atoms with Crippen LogP contribution in [0.1, 0.15) is 46.7 Å². The fourth-order valence-electron chi connectivity index (χ4n) is 5.78. The number of carbonyl (C=O) groups is 1. The van der Waals surface area contributed by atoms with E-state index in [9.17, 15) is 9.90 Å². The zero-order valence-corrected chi connectivity index (χ0v) is 22.4. The maximum absolute atomic E-state index is 13.9. The van der Waals surface area contributed by atoms with Crippen molar-refractivity contribution in [3.8, 4) is 11.5 Å². The van der Waals surface area contributed by atoms with Crippen molar-refractivity contribution < 1.29 is 14.6 Å². The molecule has 0 unspecified atom stereocenters. The third kappa shape index (κ3) is 5.71. The smallest absolute Gasteiger partial charge is 0.252 e. The fourth-order valence-corrected chi connectivity index (χ4v) is 5.78.